The van der Waals surface area contributed by atoms with Gasteiger partial charge in [0.05, 0.1) is 43.4 Å². The fraction of sp³-hybridized carbons (Fsp3) is 0.139. The second kappa shape index (κ2) is 13.7. The number of esters is 1. The second-order valence-corrected chi connectivity index (χ2v) is 10.4. The third kappa shape index (κ3) is 6.71. The number of anilines is 1. The first-order chi connectivity index (χ1) is 22.5. The number of carbonyl (C=O) groups excluding carboxylic acids is 2. The van der Waals surface area contributed by atoms with Gasteiger partial charge in [0.25, 0.3) is 0 Å². The predicted octanol–water partition coefficient (Wildman–Crippen LogP) is 6.35. The molecule has 46 heavy (non-hydrogen) atoms. The van der Waals surface area contributed by atoms with Crippen molar-refractivity contribution in [2.45, 2.75) is 20.0 Å². The third-order valence-corrected chi connectivity index (χ3v) is 7.29. The summed E-state index contributed by atoms with van der Waals surface area (Å²) < 4.78 is 14.0. The van der Waals surface area contributed by atoms with Crippen LogP contribution in [0.4, 0.5) is 5.69 Å². The van der Waals surface area contributed by atoms with E-state index in [0.29, 0.717) is 35.9 Å². The van der Waals surface area contributed by atoms with Gasteiger partial charge in [0.2, 0.25) is 5.91 Å². The zero-order valence-corrected chi connectivity index (χ0v) is 25.5. The average molecular weight is 613 g/mol. The quantitative estimate of drug-likeness (QED) is 0.170. The summed E-state index contributed by atoms with van der Waals surface area (Å²) in [4.78, 5) is 30.1. The molecule has 0 atom stereocenters. The molecule has 0 fully saturated rings. The molecule has 6 rings (SSSR count). The van der Waals surface area contributed by atoms with Crippen LogP contribution in [0.5, 0.6) is 5.75 Å². The molecule has 10 nitrogen and oxygen atoms in total. The molecule has 6 aromatic rings. The van der Waals surface area contributed by atoms with Crippen LogP contribution in [-0.2, 0) is 22.6 Å². The maximum absolute atomic E-state index is 12.8. The number of amides is 1. The number of nitrogens with zero attached hydrogens (tertiary/aromatic N) is 5. The van der Waals surface area contributed by atoms with E-state index < -0.39 is 5.97 Å². The Morgan fingerprint density at radius 1 is 0.804 bits per heavy atom. The largest absolute Gasteiger partial charge is 0.494 e. The Bertz CT molecular complexity index is 1930. The van der Waals surface area contributed by atoms with Crippen LogP contribution < -0.4 is 10.1 Å². The molecular formula is C36H32N6O4. The molecule has 0 saturated carbocycles. The standard InChI is InChI=1S/C36H32N6O4/c1-3-46-31-20-18-29(19-21-31)37-32(43)24-41-22-30(39-40-41)23-42-34(26-12-8-5-9-13-26)33(25-10-6-4-7-11-25)38-35(42)27-14-16-28(17-15-27)36(44)45-2/h4-22H,3,23-24H2,1-2H3,(H,37,43). The zero-order valence-electron chi connectivity index (χ0n) is 25.5. The number of ether oxygens (including phenoxy) is 2. The Balaban J connectivity index is 1.34. The summed E-state index contributed by atoms with van der Waals surface area (Å²) >= 11 is 0. The number of hydrogen-bond acceptors (Lipinski definition) is 7. The molecule has 1 amide bonds. The maximum Gasteiger partial charge on any atom is 0.337 e. The van der Waals surface area contributed by atoms with Crippen molar-refractivity contribution in [1.29, 1.82) is 0 Å². The molecule has 0 unspecified atom stereocenters. The van der Waals surface area contributed by atoms with E-state index in [1.807, 2.05) is 91.9 Å². The molecule has 1 N–H and O–H groups in total. The van der Waals surface area contributed by atoms with Crippen LogP contribution in [0.25, 0.3) is 33.9 Å². The van der Waals surface area contributed by atoms with Gasteiger partial charge in [-0.1, -0.05) is 78.0 Å². The average Bonchev–Trinajstić information content (AvgIpc) is 3.70. The molecule has 230 valence electrons. The van der Waals surface area contributed by atoms with Gasteiger partial charge in [0.15, 0.2) is 0 Å². The molecule has 10 heteroatoms. The molecule has 2 heterocycles. The van der Waals surface area contributed by atoms with Crippen molar-refractivity contribution in [2.24, 2.45) is 0 Å². The van der Waals surface area contributed by atoms with E-state index in [1.165, 1.54) is 11.8 Å². The zero-order chi connectivity index (χ0) is 31.9. The minimum Gasteiger partial charge on any atom is -0.494 e. The van der Waals surface area contributed by atoms with Crippen molar-refractivity contribution in [1.82, 2.24) is 24.5 Å². The van der Waals surface area contributed by atoms with Crippen LogP contribution in [0, 0.1) is 0 Å². The van der Waals surface area contributed by atoms with Crippen LogP contribution in [0.2, 0.25) is 0 Å². The number of benzene rings is 4. The highest BCUT2D eigenvalue weighted by molar-refractivity contribution is 5.91. The third-order valence-electron chi connectivity index (χ3n) is 7.29. The molecule has 2 aromatic heterocycles. The second-order valence-electron chi connectivity index (χ2n) is 10.4. The van der Waals surface area contributed by atoms with Gasteiger partial charge in [-0.15, -0.1) is 5.10 Å². The molecule has 0 saturated heterocycles. The number of rotatable bonds is 11. The lowest BCUT2D eigenvalue weighted by atomic mass is 10.0. The summed E-state index contributed by atoms with van der Waals surface area (Å²) in [5, 5.41) is 11.5. The minimum atomic E-state index is -0.409. The summed E-state index contributed by atoms with van der Waals surface area (Å²) in [6, 6.07) is 34.4. The van der Waals surface area contributed by atoms with Crippen molar-refractivity contribution in [3.05, 3.63) is 127 Å². The van der Waals surface area contributed by atoms with E-state index >= 15 is 0 Å². The Hall–Kier alpha value is -6.03. The van der Waals surface area contributed by atoms with Crippen LogP contribution in [0.1, 0.15) is 23.0 Å². The fourth-order valence-corrected chi connectivity index (χ4v) is 5.19. The van der Waals surface area contributed by atoms with E-state index in [0.717, 1.165) is 33.8 Å². The minimum absolute atomic E-state index is 0.00715. The van der Waals surface area contributed by atoms with Crippen LogP contribution >= 0.6 is 0 Å². The first-order valence-electron chi connectivity index (χ1n) is 14.8. The van der Waals surface area contributed by atoms with Crippen molar-refractivity contribution in [3.8, 4) is 39.7 Å². The summed E-state index contributed by atoms with van der Waals surface area (Å²) in [5.41, 5.74) is 6.22. The number of carbonyl (C=O) groups is 2. The smallest absolute Gasteiger partial charge is 0.337 e. The van der Waals surface area contributed by atoms with Crippen molar-refractivity contribution < 1.29 is 19.1 Å². The van der Waals surface area contributed by atoms with Crippen LogP contribution in [0.15, 0.2) is 115 Å². The maximum atomic E-state index is 12.8. The molecule has 0 aliphatic carbocycles. The lowest BCUT2D eigenvalue weighted by Crippen LogP contribution is -2.19. The van der Waals surface area contributed by atoms with Gasteiger partial charge < -0.3 is 19.4 Å². The topological polar surface area (TPSA) is 113 Å². The first-order valence-corrected chi connectivity index (χ1v) is 14.8. The van der Waals surface area contributed by atoms with E-state index in [4.69, 9.17) is 14.5 Å². The highest BCUT2D eigenvalue weighted by Crippen LogP contribution is 2.36. The van der Waals surface area contributed by atoms with Crippen LogP contribution in [-0.4, -0.2) is 50.1 Å². The summed E-state index contributed by atoms with van der Waals surface area (Å²) in [6.45, 7) is 2.82. The Morgan fingerprint density at radius 3 is 2.13 bits per heavy atom. The van der Waals surface area contributed by atoms with Crippen molar-refractivity contribution in [3.63, 3.8) is 0 Å². The molecule has 0 spiro atoms. The predicted molar refractivity (Wildman–Crippen MR) is 175 cm³/mol. The fourth-order valence-electron chi connectivity index (χ4n) is 5.19. The number of methoxy groups -OCH3 is 1. The molecule has 0 aliphatic rings. The number of imidazole rings is 1. The van der Waals surface area contributed by atoms with E-state index in [2.05, 4.69) is 20.2 Å². The van der Waals surface area contributed by atoms with Crippen molar-refractivity contribution >= 4 is 17.6 Å². The van der Waals surface area contributed by atoms with Gasteiger partial charge in [-0.25, -0.2) is 14.5 Å². The lowest BCUT2D eigenvalue weighted by molar-refractivity contribution is -0.116. The van der Waals surface area contributed by atoms with Crippen molar-refractivity contribution in [2.75, 3.05) is 19.0 Å². The van der Waals surface area contributed by atoms with Crippen LogP contribution in [0.3, 0.4) is 0 Å². The Kier molecular flexibility index (Phi) is 8.96. The molecule has 0 radical (unpaired) electrons. The summed E-state index contributed by atoms with van der Waals surface area (Å²) in [7, 11) is 1.36. The Morgan fingerprint density at radius 2 is 1.48 bits per heavy atom. The monoisotopic (exact) mass is 612 g/mol. The van der Waals surface area contributed by atoms with E-state index in [-0.39, 0.29) is 12.5 Å². The van der Waals surface area contributed by atoms with Gasteiger partial charge in [-0.2, -0.15) is 0 Å². The highest BCUT2D eigenvalue weighted by Gasteiger charge is 2.22. The van der Waals surface area contributed by atoms with Gasteiger partial charge >= 0.3 is 5.97 Å². The SMILES string of the molecule is CCOc1ccc(NC(=O)Cn2cc(Cn3c(-c4ccc(C(=O)OC)cc4)nc(-c4ccccc4)c3-c3ccccc3)nn2)cc1. The lowest BCUT2D eigenvalue weighted by Gasteiger charge is -2.12. The first kappa shape index (κ1) is 30.0. The summed E-state index contributed by atoms with van der Waals surface area (Å²) in [5.74, 6) is 0.792. The number of nitrogens with one attached hydrogen (secondary N) is 1. The molecular weight excluding hydrogens is 580 g/mol. The van der Waals surface area contributed by atoms with Gasteiger partial charge in [0.1, 0.15) is 23.8 Å². The molecule has 0 bridgehead atoms. The Labute approximate surface area is 266 Å². The van der Waals surface area contributed by atoms with Gasteiger partial charge in [-0.3, -0.25) is 4.79 Å². The van der Waals surface area contributed by atoms with Gasteiger partial charge in [0, 0.05) is 22.4 Å². The molecule has 4 aromatic carbocycles. The number of aromatic nitrogens is 5. The number of hydrogen-bond donors (Lipinski definition) is 1. The van der Waals surface area contributed by atoms with E-state index in [1.54, 1.807) is 30.5 Å². The summed E-state index contributed by atoms with van der Waals surface area (Å²) in [6.07, 6.45) is 1.76. The highest BCUT2D eigenvalue weighted by atomic mass is 16.5. The van der Waals surface area contributed by atoms with E-state index in [9.17, 15) is 9.59 Å². The normalized spacial score (nSPS) is 10.8. The van der Waals surface area contributed by atoms with Gasteiger partial charge in [-0.05, 0) is 43.3 Å². The molecule has 0 aliphatic heterocycles.